The third kappa shape index (κ3) is 3.24. The Labute approximate surface area is 112 Å². The van der Waals surface area contributed by atoms with Crippen molar-refractivity contribution < 1.29 is 9.90 Å². The van der Waals surface area contributed by atoms with Crippen molar-refractivity contribution in [2.24, 2.45) is 0 Å². The van der Waals surface area contributed by atoms with Crippen LogP contribution in [0.15, 0.2) is 18.2 Å². The summed E-state index contributed by atoms with van der Waals surface area (Å²) in [4.78, 5) is 13.3. The highest BCUT2D eigenvalue weighted by molar-refractivity contribution is 6.31. The number of nitrogens with zero attached hydrogens (tertiary/aromatic N) is 1. The molecule has 18 heavy (non-hydrogen) atoms. The van der Waals surface area contributed by atoms with Gasteiger partial charge in [0.2, 0.25) is 0 Å². The van der Waals surface area contributed by atoms with Gasteiger partial charge in [-0.3, -0.25) is 4.90 Å². The van der Waals surface area contributed by atoms with Crippen LogP contribution in [0.5, 0.6) is 0 Å². The van der Waals surface area contributed by atoms with E-state index in [1.165, 1.54) is 18.9 Å². The average Bonchev–Trinajstić information content (AvgIpc) is 3.14. The molecule has 1 aromatic carbocycles. The normalized spacial score (nSPS) is 15.1. The van der Waals surface area contributed by atoms with Crippen molar-refractivity contribution in [1.82, 2.24) is 4.90 Å². The summed E-state index contributed by atoms with van der Waals surface area (Å²) in [5.41, 5.74) is 1.26. The lowest BCUT2D eigenvalue weighted by molar-refractivity contribution is 0.0697. The molecule has 1 aliphatic carbocycles. The summed E-state index contributed by atoms with van der Waals surface area (Å²) < 4.78 is 0. The van der Waals surface area contributed by atoms with E-state index in [0.29, 0.717) is 11.1 Å². The zero-order valence-corrected chi connectivity index (χ0v) is 11.3. The van der Waals surface area contributed by atoms with E-state index in [2.05, 4.69) is 11.8 Å². The molecule has 1 aliphatic rings. The molecule has 1 saturated carbocycles. The Balaban J connectivity index is 2.10. The molecular formula is C14H18ClNO2. The molecule has 4 heteroatoms. The number of rotatable bonds is 6. The molecule has 0 heterocycles. The number of aromatic carboxylic acids is 1. The van der Waals surface area contributed by atoms with E-state index >= 15 is 0 Å². The van der Waals surface area contributed by atoms with Crippen molar-refractivity contribution in [1.29, 1.82) is 0 Å². The van der Waals surface area contributed by atoms with Crippen molar-refractivity contribution in [3.8, 4) is 0 Å². The zero-order chi connectivity index (χ0) is 13.1. The van der Waals surface area contributed by atoms with Crippen LogP contribution in [0.25, 0.3) is 0 Å². The fourth-order valence-corrected chi connectivity index (χ4v) is 2.39. The first-order valence-corrected chi connectivity index (χ1v) is 6.75. The number of hydrogen-bond donors (Lipinski definition) is 1. The standard InChI is InChI=1S/C14H18ClNO2/c1-2-7-16(12-5-6-12)9-11-4-3-10(14(17)18)8-13(11)15/h3-4,8,12H,2,5-7,9H2,1H3,(H,17,18). The SMILES string of the molecule is CCCN(Cc1ccc(C(=O)O)cc1Cl)C1CC1. The lowest BCUT2D eigenvalue weighted by atomic mass is 10.1. The lowest BCUT2D eigenvalue weighted by Gasteiger charge is -2.21. The van der Waals surface area contributed by atoms with E-state index in [0.717, 1.165) is 25.1 Å². The van der Waals surface area contributed by atoms with Crippen LogP contribution in [0, 0.1) is 0 Å². The van der Waals surface area contributed by atoms with Gasteiger partial charge in [0, 0.05) is 17.6 Å². The molecule has 0 amide bonds. The maximum absolute atomic E-state index is 10.8. The molecule has 3 nitrogen and oxygen atoms in total. The zero-order valence-electron chi connectivity index (χ0n) is 10.5. The fraction of sp³-hybridized carbons (Fsp3) is 0.500. The van der Waals surface area contributed by atoms with Crippen LogP contribution < -0.4 is 0 Å². The Hall–Kier alpha value is -1.06. The molecule has 0 aliphatic heterocycles. The third-order valence-corrected chi connectivity index (χ3v) is 3.60. The van der Waals surface area contributed by atoms with Crippen LogP contribution in [0.3, 0.4) is 0 Å². The largest absolute Gasteiger partial charge is 0.478 e. The summed E-state index contributed by atoms with van der Waals surface area (Å²) in [6.07, 6.45) is 3.66. The highest BCUT2D eigenvalue weighted by atomic mass is 35.5. The van der Waals surface area contributed by atoms with Gasteiger partial charge in [0.1, 0.15) is 0 Å². The van der Waals surface area contributed by atoms with Gasteiger partial charge in [-0.15, -0.1) is 0 Å². The number of benzene rings is 1. The van der Waals surface area contributed by atoms with Gasteiger partial charge in [0.15, 0.2) is 0 Å². The molecule has 0 atom stereocenters. The van der Waals surface area contributed by atoms with Gasteiger partial charge < -0.3 is 5.11 Å². The lowest BCUT2D eigenvalue weighted by Crippen LogP contribution is -2.26. The minimum atomic E-state index is -0.934. The van der Waals surface area contributed by atoms with E-state index in [1.54, 1.807) is 6.07 Å². The van der Waals surface area contributed by atoms with E-state index in [4.69, 9.17) is 16.7 Å². The maximum Gasteiger partial charge on any atom is 0.335 e. The number of hydrogen-bond acceptors (Lipinski definition) is 2. The first-order valence-electron chi connectivity index (χ1n) is 6.37. The van der Waals surface area contributed by atoms with Crippen LogP contribution in [0.2, 0.25) is 5.02 Å². The van der Waals surface area contributed by atoms with Crippen LogP contribution in [0.1, 0.15) is 42.1 Å². The van der Waals surface area contributed by atoms with Crippen molar-refractivity contribution in [2.45, 2.75) is 38.8 Å². The van der Waals surface area contributed by atoms with Crippen LogP contribution in [-0.4, -0.2) is 28.6 Å². The highest BCUT2D eigenvalue weighted by Gasteiger charge is 2.28. The second-order valence-electron chi connectivity index (χ2n) is 4.81. The van der Waals surface area contributed by atoms with Gasteiger partial charge in [-0.05, 0) is 43.5 Å². The molecule has 0 bridgehead atoms. The Morgan fingerprint density at radius 1 is 1.50 bits per heavy atom. The second kappa shape index (κ2) is 5.72. The second-order valence-corrected chi connectivity index (χ2v) is 5.22. The van der Waals surface area contributed by atoms with Gasteiger partial charge in [-0.2, -0.15) is 0 Å². The van der Waals surface area contributed by atoms with E-state index in [1.807, 2.05) is 6.07 Å². The van der Waals surface area contributed by atoms with Crippen LogP contribution >= 0.6 is 11.6 Å². The molecule has 0 spiro atoms. The minimum absolute atomic E-state index is 0.247. The molecule has 1 fully saturated rings. The number of carboxylic acid groups (broad SMARTS) is 1. The van der Waals surface area contributed by atoms with Crippen molar-refractivity contribution in [3.63, 3.8) is 0 Å². The maximum atomic E-state index is 10.8. The number of halogens is 1. The summed E-state index contributed by atoms with van der Waals surface area (Å²) in [5, 5.41) is 9.45. The predicted molar refractivity (Wildman–Crippen MR) is 72.1 cm³/mol. The van der Waals surface area contributed by atoms with E-state index in [-0.39, 0.29) is 5.56 Å². The molecule has 1 aromatic rings. The van der Waals surface area contributed by atoms with E-state index in [9.17, 15) is 4.79 Å². The molecule has 1 N–H and O–H groups in total. The summed E-state index contributed by atoms with van der Waals surface area (Å²) in [7, 11) is 0. The minimum Gasteiger partial charge on any atom is -0.478 e. The molecule has 0 saturated heterocycles. The Kier molecular flexibility index (Phi) is 4.25. The Morgan fingerprint density at radius 2 is 2.22 bits per heavy atom. The molecule has 98 valence electrons. The Morgan fingerprint density at radius 3 is 2.72 bits per heavy atom. The third-order valence-electron chi connectivity index (χ3n) is 3.25. The molecule has 0 unspecified atom stereocenters. The molecule has 2 rings (SSSR count). The van der Waals surface area contributed by atoms with Gasteiger partial charge in [-0.25, -0.2) is 4.79 Å². The molecular weight excluding hydrogens is 250 g/mol. The number of carboxylic acids is 1. The quantitative estimate of drug-likeness (QED) is 0.859. The van der Waals surface area contributed by atoms with Crippen molar-refractivity contribution in [2.75, 3.05) is 6.54 Å². The smallest absolute Gasteiger partial charge is 0.335 e. The topological polar surface area (TPSA) is 40.5 Å². The first kappa shape index (κ1) is 13.4. The summed E-state index contributed by atoms with van der Waals surface area (Å²) in [5.74, 6) is -0.934. The molecule has 0 radical (unpaired) electrons. The van der Waals surface area contributed by atoms with Crippen LogP contribution in [0.4, 0.5) is 0 Å². The average molecular weight is 268 g/mol. The number of carbonyl (C=O) groups is 1. The Bertz CT molecular complexity index is 443. The van der Waals surface area contributed by atoms with Crippen molar-refractivity contribution >= 4 is 17.6 Å². The van der Waals surface area contributed by atoms with Gasteiger partial charge >= 0.3 is 5.97 Å². The first-order chi connectivity index (χ1) is 8.61. The highest BCUT2D eigenvalue weighted by Crippen LogP contribution is 2.30. The van der Waals surface area contributed by atoms with Crippen molar-refractivity contribution in [3.05, 3.63) is 34.3 Å². The monoisotopic (exact) mass is 267 g/mol. The van der Waals surface area contributed by atoms with E-state index < -0.39 is 5.97 Å². The summed E-state index contributed by atoms with van der Waals surface area (Å²) >= 11 is 6.15. The fourth-order valence-electron chi connectivity index (χ4n) is 2.14. The van der Waals surface area contributed by atoms with Gasteiger partial charge in [0.05, 0.1) is 5.56 Å². The summed E-state index contributed by atoms with van der Waals surface area (Å²) in [6, 6.07) is 5.69. The van der Waals surface area contributed by atoms with Crippen LogP contribution in [-0.2, 0) is 6.54 Å². The summed E-state index contributed by atoms with van der Waals surface area (Å²) in [6.45, 7) is 4.06. The van der Waals surface area contributed by atoms with Gasteiger partial charge in [-0.1, -0.05) is 24.6 Å². The predicted octanol–water partition coefficient (Wildman–Crippen LogP) is 3.41. The molecule has 0 aromatic heterocycles. The van der Waals surface area contributed by atoms with Gasteiger partial charge in [0.25, 0.3) is 0 Å².